The van der Waals surface area contributed by atoms with Crippen molar-refractivity contribution in [3.63, 3.8) is 0 Å². The van der Waals surface area contributed by atoms with Crippen LogP contribution < -0.4 is 5.73 Å². The number of benzene rings is 1. The van der Waals surface area contributed by atoms with Gasteiger partial charge in [0.1, 0.15) is 0 Å². The Hall–Kier alpha value is -0.510. The summed E-state index contributed by atoms with van der Waals surface area (Å²) in [4.78, 5) is 1.25. The Morgan fingerprint density at radius 1 is 1.36 bits per heavy atom. The Labute approximate surface area is 89.5 Å². The maximum atomic E-state index is 8.69. The van der Waals surface area contributed by atoms with Crippen molar-refractivity contribution in [3.8, 4) is 0 Å². The molecule has 0 radical (unpaired) electrons. The van der Waals surface area contributed by atoms with Gasteiger partial charge in [-0.15, -0.1) is 11.8 Å². The van der Waals surface area contributed by atoms with Crippen LogP contribution in [0.1, 0.15) is 24.4 Å². The van der Waals surface area contributed by atoms with E-state index in [1.807, 2.05) is 0 Å². The van der Waals surface area contributed by atoms with Crippen molar-refractivity contribution < 1.29 is 5.11 Å². The van der Waals surface area contributed by atoms with Crippen LogP contribution in [0.4, 0.5) is 0 Å². The van der Waals surface area contributed by atoms with Gasteiger partial charge in [-0.25, -0.2) is 0 Å². The predicted molar refractivity (Wildman–Crippen MR) is 61.5 cm³/mol. The molecule has 0 aliphatic carbocycles. The highest BCUT2D eigenvalue weighted by Gasteiger charge is 2.04. The minimum absolute atomic E-state index is 0.0538. The normalized spacial score (nSPS) is 12.8. The van der Waals surface area contributed by atoms with Crippen molar-refractivity contribution in [1.29, 1.82) is 0 Å². The molecule has 1 aromatic carbocycles. The zero-order chi connectivity index (χ0) is 10.4. The minimum Gasteiger partial charge on any atom is -0.396 e. The van der Waals surface area contributed by atoms with Gasteiger partial charge < -0.3 is 10.8 Å². The average Bonchev–Trinajstić information content (AvgIpc) is 2.26. The lowest BCUT2D eigenvalue weighted by atomic mass is 10.0. The molecule has 0 unspecified atom stereocenters. The van der Waals surface area contributed by atoms with Crippen LogP contribution in [-0.4, -0.2) is 18.0 Å². The van der Waals surface area contributed by atoms with Gasteiger partial charge in [0.25, 0.3) is 0 Å². The van der Waals surface area contributed by atoms with Gasteiger partial charge in [0.05, 0.1) is 0 Å². The van der Waals surface area contributed by atoms with E-state index in [2.05, 4.69) is 30.5 Å². The lowest BCUT2D eigenvalue weighted by Gasteiger charge is -2.11. The molecular formula is C11H17NOS. The molecule has 1 aromatic rings. The number of nitrogens with two attached hydrogens (primary N) is 1. The van der Waals surface area contributed by atoms with E-state index in [-0.39, 0.29) is 12.6 Å². The van der Waals surface area contributed by atoms with Gasteiger partial charge in [0.2, 0.25) is 0 Å². The average molecular weight is 211 g/mol. The highest BCUT2D eigenvalue weighted by atomic mass is 32.2. The smallest absolute Gasteiger partial charge is 0.0431 e. The molecular weight excluding hydrogens is 194 g/mol. The van der Waals surface area contributed by atoms with E-state index >= 15 is 0 Å². The molecule has 0 aromatic heterocycles. The molecule has 14 heavy (non-hydrogen) atoms. The zero-order valence-electron chi connectivity index (χ0n) is 8.44. The van der Waals surface area contributed by atoms with Crippen LogP contribution in [0.5, 0.6) is 0 Å². The lowest BCUT2D eigenvalue weighted by molar-refractivity contribution is 0.280. The standard InChI is InChI=1S/C11H17NOS/c1-14-10-6-4-9(5-7-10)11(12)3-2-8-13/h4-7,11,13H,2-3,8,12H2,1H3/t11-/m0/s1. The number of hydrogen-bond acceptors (Lipinski definition) is 3. The molecule has 0 saturated carbocycles. The molecule has 0 heterocycles. The number of thioether (sulfide) groups is 1. The van der Waals surface area contributed by atoms with E-state index in [1.54, 1.807) is 11.8 Å². The number of aliphatic hydroxyl groups is 1. The van der Waals surface area contributed by atoms with Crippen molar-refractivity contribution in [2.24, 2.45) is 5.73 Å². The Bertz CT molecular complexity index is 260. The van der Waals surface area contributed by atoms with Crippen LogP contribution in [0.2, 0.25) is 0 Å². The summed E-state index contributed by atoms with van der Waals surface area (Å²) in [5.41, 5.74) is 7.10. The molecule has 78 valence electrons. The van der Waals surface area contributed by atoms with E-state index < -0.39 is 0 Å². The van der Waals surface area contributed by atoms with Crippen LogP contribution in [0.3, 0.4) is 0 Å². The molecule has 0 aliphatic rings. The van der Waals surface area contributed by atoms with E-state index in [4.69, 9.17) is 10.8 Å². The molecule has 0 saturated heterocycles. The fourth-order valence-corrected chi connectivity index (χ4v) is 1.74. The summed E-state index contributed by atoms with van der Waals surface area (Å²) < 4.78 is 0. The molecule has 2 nitrogen and oxygen atoms in total. The topological polar surface area (TPSA) is 46.2 Å². The molecule has 3 heteroatoms. The predicted octanol–water partition coefficient (Wildman–Crippen LogP) is 2.18. The highest BCUT2D eigenvalue weighted by molar-refractivity contribution is 7.98. The quantitative estimate of drug-likeness (QED) is 0.734. The van der Waals surface area contributed by atoms with E-state index in [0.29, 0.717) is 0 Å². The summed E-state index contributed by atoms with van der Waals surface area (Å²) in [7, 11) is 0. The zero-order valence-corrected chi connectivity index (χ0v) is 9.26. The molecule has 0 fully saturated rings. The number of rotatable bonds is 5. The van der Waals surface area contributed by atoms with Gasteiger partial charge in [-0.2, -0.15) is 0 Å². The molecule has 3 N–H and O–H groups in total. The SMILES string of the molecule is CSc1ccc([C@@H](N)CCCO)cc1. The van der Waals surface area contributed by atoms with E-state index in [0.717, 1.165) is 18.4 Å². The van der Waals surface area contributed by atoms with Crippen molar-refractivity contribution in [2.75, 3.05) is 12.9 Å². The van der Waals surface area contributed by atoms with Crippen LogP contribution in [0.25, 0.3) is 0 Å². The van der Waals surface area contributed by atoms with Crippen LogP contribution in [-0.2, 0) is 0 Å². The summed E-state index contributed by atoms with van der Waals surface area (Å²) >= 11 is 1.73. The summed E-state index contributed by atoms with van der Waals surface area (Å²) in [6.07, 6.45) is 3.67. The maximum Gasteiger partial charge on any atom is 0.0431 e. The maximum absolute atomic E-state index is 8.69. The third-order valence-corrected chi connectivity index (χ3v) is 2.96. The highest BCUT2D eigenvalue weighted by Crippen LogP contribution is 2.20. The minimum atomic E-state index is 0.0538. The first-order valence-electron chi connectivity index (χ1n) is 4.78. The summed E-state index contributed by atoms with van der Waals surface area (Å²) in [5.74, 6) is 0. The van der Waals surface area contributed by atoms with Gasteiger partial charge in [0, 0.05) is 17.5 Å². The second kappa shape index (κ2) is 6.06. The molecule has 0 spiro atoms. The first-order chi connectivity index (χ1) is 6.77. The second-order valence-corrected chi connectivity index (χ2v) is 4.13. The molecule has 0 bridgehead atoms. The number of hydrogen-bond donors (Lipinski definition) is 2. The van der Waals surface area contributed by atoms with Gasteiger partial charge >= 0.3 is 0 Å². The van der Waals surface area contributed by atoms with Crippen molar-refractivity contribution in [3.05, 3.63) is 29.8 Å². The third kappa shape index (κ3) is 3.33. The van der Waals surface area contributed by atoms with Gasteiger partial charge in [-0.1, -0.05) is 12.1 Å². The summed E-state index contributed by atoms with van der Waals surface area (Å²) in [6.45, 7) is 0.219. The summed E-state index contributed by atoms with van der Waals surface area (Å²) in [6, 6.07) is 8.34. The largest absolute Gasteiger partial charge is 0.396 e. The fourth-order valence-electron chi connectivity index (χ4n) is 1.33. The van der Waals surface area contributed by atoms with Gasteiger partial charge in [0.15, 0.2) is 0 Å². The second-order valence-electron chi connectivity index (χ2n) is 3.25. The van der Waals surface area contributed by atoms with Crippen molar-refractivity contribution in [2.45, 2.75) is 23.8 Å². The van der Waals surface area contributed by atoms with E-state index in [1.165, 1.54) is 4.90 Å². The molecule has 0 aliphatic heterocycles. The first-order valence-corrected chi connectivity index (χ1v) is 6.00. The first kappa shape index (κ1) is 11.6. The van der Waals surface area contributed by atoms with Crippen molar-refractivity contribution in [1.82, 2.24) is 0 Å². The Balaban J connectivity index is 2.57. The fraction of sp³-hybridized carbons (Fsp3) is 0.455. The molecule has 1 rings (SSSR count). The van der Waals surface area contributed by atoms with Crippen LogP contribution in [0.15, 0.2) is 29.2 Å². The van der Waals surface area contributed by atoms with Crippen LogP contribution in [0, 0.1) is 0 Å². The Morgan fingerprint density at radius 2 is 2.00 bits per heavy atom. The Kier molecular flexibility index (Phi) is 5.01. The lowest BCUT2D eigenvalue weighted by Crippen LogP contribution is -2.10. The molecule has 1 atom stereocenters. The summed E-state index contributed by atoms with van der Waals surface area (Å²) in [5, 5.41) is 8.69. The van der Waals surface area contributed by atoms with Crippen LogP contribution >= 0.6 is 11.8 Å². The Morgan fingerprint density at radius 3 is 2.50 bits per heavy atom. The molecule has 0 amide bonds. The van der Waals surface area contributed by atoms with Gasteiger partial charge in [-0.05, 0) is 36.8 Å². The van der Waals surface area contributed by atoms with Crippen molar-refractivity contribution >= 4 is 11.8 Å². The van der Waals surface area contributed by atoms with Gasteiger partial charge in [-0.3, -0.25) is 0 Å². The number of aliphatic hydroxyl groups excluding tert-OH is 1. The monoisotopic (exact) mass is 211 g/mol. The third-order valence-electron chi connectivity index (χ3n) is 2.22. The van der Waals surface area contributed by atoms with E-state index in [9.17, 15) is 0 Å².